The fourth-order valence-corrected chi connectivity index (χ4v) is 4.36. The standard InChI is InChI=1S/C36H36O7/c1-26(2)35(39)43-36(40,25-42-23-22-41-21-20-37)32-16-8-27(9-17-32)24-34(30-6-4-3-5-7-30)31-12-10-28(11-13-31)29-14-18-33(38)19-15-29/h3-19,24,37-38,40H,1,20-23,25H2,2H3/b34-24+. The maximum absolute atomic E-state index is 12.4. The SMILES string of the molecule is C=C(C)C(=O)OC(O)(COCCOCCO)c1ccc(/C=C(\c2ccccc2)c2ccc(-c3ccc(O)cc3)cc2)cc1. The molecule has 7 nitrogen and oxygen atoms in total. The van der Waals surface area contributed by atoms with E-state index in [1.54, 1.807) is 24.3 Å². The summed E-state index contributed by atoms with van der Waals surface area (Å²) in [6, 6.07) is 32.4. The van der Waals surface area contributed by atoms with Crippen LogP contribution in [-0.2, 0) is 24.8 Å². The average molecular weight is 581 g/mol. The van der Waals surface area contributed by atoms with Crippen molar-refractivity contribution in [2.75, 3.05) is 33.0 Å². The number of phenolic OH excluding ortho intramolecular Hbond substituents is 1. The van der Waals surface area contributed by atoms with Crippen molar-refractivity contribution in [2.45, 2.75) is 12.7 Å². The van der Waals surface area contributed by atoms with E-state index in [0.29, 0.717) is 5.56 Å². The summed E-state index contributed by atoms with van der Waals surface area (Å²) < 4.78 is 16.1. The van der Waals surface area contributed by atoms with Crippen LogP contribution in [0.1, 0.15) is 29.2 Å². The van der Waals surface area contributed by atoms with Crippen molar-refractivity contribution in [1.29, 1.82) is 0 Å². The molecule has 0 amide bonds. The van der Waals surface area contributed by atoms with E-state index in [2.05, 4.69) is 24.8 Å². The van der Waals surface area contributed by atoms with Gasteiger partial charge in [0.05, 0.1) is 26.4 Å². The van der Waals surface area contributed by atoms with Gasteiger partial charge in [0.25, 0.3) is 5.79 Å². The zero-order valence-corrected chi connectivity index (χ0v) is 24.1. The molecule has 0 saturated carbocycles. The summed E-state index contributed by atoms with van der Waals surface area (Å²) in [7, 11) is 0. The number of aliphatic hydroxyl groups is 2. The first kappa shape index (κ1) is 31.4. The third kappa shape index (κ3) is 8.73. The van der Waals surface area contributed by atoms with E-state index in [-0.39, 0.29) is 44.4 Å². The maximum atomic E-state index is 12.4. The fourth-order valence-electron chi connectivity index (χ4n) is 4.36. The Bertz CT molecular complexity index is 1510. The van der Waals surface area contributed by atoms with Gasteiger partial charge in [0.2, 0.25) is 0 Å². The minimum atomic E-state index is -2.04. The molecule has 43 heavy (non-hydrogen) atoms. The number of phenols is 1. The van der Waals surface area contributed by atoms with Crippen LogP contribution in [0.5, 0.6) is 5.75 Å². The Labute approximate surface area is 251 Å². The second-order valence-corrected chi connectivity index (χ2v) is 10.0. The third-order valence-corrected chi connectivity index (χ3v) is 6.67. The monoisotopic (exact) mass is 580 g/mol. The van der Waals surface area contributed by atoms with Gasteiger partial charge in [-0.2, -0.15) is 0 Å². The van der Waals surface area contributed by atoms with Gasteiger partial charge < -0.3 is 29.5 Å². The lowest BCUT2D eigenvalue weighted by Crippen LogP contribution is -2.37. The molecule has 0 aliphatic heterocycles. The van der Waals surface area contributed by atoms with Gasteiger partial charge in [-0.25, -0.2) is 4.79 Å². The molecule has 7 heteroatoms. The van der Waals surface area contributed by atoms with E-state index in [0.717, 1.165) is 33.4 Å². The highest BCUT2D eigenvalue weighted by Gasteiger charge is 2.34. The van der Waals surface area contributed by atoms with Crippen molar-refractivity contribution < 1.29 is 34.3 Å². The van der Waals surface area contributed by atoms with Crippen LogP contribution < -0.4 is 0 Å². The van der Waals surface area contributed by atoms with Crippen molar-refractivity contribution in [3.05, 3.63) is 138 Å². The third-order valence-electron chi connectivity index (χ3n) is 6.67. The highest BCUT2D eigenvalue weighted by molar-refractivity contribution is 5.92. The molecule has 4 aromatic rings. The van der Waals surface area contributed by atoms with Crippen LogP contribution >= 0.6 is 0 Å². The molecule has 0 fully saturated rings. The maximum Gasteiger partial charge on any atom is 0.335 e. The van der Waals surface area contributed by atoms with Crippen molar-refractivity contribution in [2.24, 2.45) is 0 Å². The van der Waals surface area contributed by atoms with E-state index in [9.17, 15) is 15.0 Å². The number of aliphatic hydroxyl groups excluding tert-OH is 1. The molecule has 4 aromatic carbocycles. The Morgan fingerprint density at radius 1 is 0.791 bits per heavy atom. The van der Waals surface area contributed by atoms with Crippen LogP contribution in [0.15, 0.2) is 115 Å². The van der Waals surface area contributed by atoms with Crippen LogP contribution in [-0.4, -0.2) is 54.3 Å². The van der Waals surface area contributed by atoms with Crippen molar-refractivity contribution in [1.82, 2.24) is 0 Å². The summed E-state index contributed by atoms with van der Waals surface area (Å²) in [6.45, 7) is 5.23. The molecular formula is C36H36O7. The Morgan fingerprint density at radius 2 is 1.37 bits per heavy atom. The van der Waals surface area contributed by atoms with Gasteiger partial charge in [-0.05, 0) is 58.5 Å². The molecule has 3 N–H and O–H groups in total. The Morgan fingerprint density at radius 3 is 1.98 bits per heavy atom. The Balaban J connectivity index is 1.61. The zero-order valence-electron chi connectivity index (χ0n) is 24.1. The van der Waals surface area contributed by atoms with Gasteiger partial charge in [0.1, 0.15) is 12.4 Å². The van der Waals surface area contributed by atoms with E-state index in [4.69, 9.17) is 19.3 Å². The minimum Gasteiger partial charge on any atom is -0.508 e. The number of rotatable bonds is 14. The first-order valence-corrected chi connectivity index (χ1v) is 13.9. The lowest BCUT2D eigenvalue weighted by atomic mass is 9.93. The van der Waals surface area contributed by atoms with Crippen LogP contribution in [0.2, 0.25) is 0 Å². The molecule has 0 aromatic heterocycles. The van der Waals surface area contributed by atoms with Crippen LogP contribution in [0.4, 0.5) is 0 Å². The number of aromatic hydroxyl groups is 1. The molecule has 0 radical (unpaired) electrons. The summed E-state index contributed by atoms with van der Waals surface area (Å²) in [5.41, 5.74) is 6.45. The van der Waals surface area contributed by atoms with Crippen LogP contribution in [0, 0.1) is 0 Å². The highest BCUT2D eigenvalue weighted by atomic mass is 16.7. The summed E-state index contributed by atoms with van der Waals surface area (Å²) in [6.07, 6.45) is 2.06. The highest BCUT2D eigenvalue weighted by Crippen LogP contribution is 2.31. The smallest absolute Gasteiger partial charge is 0.335 e. The molecule has 1 atom stereocenters. The predicted molar refractivity (Wildman–Crippen MR) is 167 cm³/mol. The minimum absolute atomic E-state index is 0.0991. The van der Waals surface area contributed by atoms with Gasteiger partial charge in [-0.1, -0.05) is 97.6 Å². The van der Waals surface area contributed by atoms with E-state index in [1.165, 1.54) is 6.92 Å². The summed E-state index contributed by atoms with van der Waals surface area (Å²) >= 11 is 0. The summed E-state index contributed by atoms with van der Waals surface area (Å²) in [5, 5.41) is 29.8. The predicted octanol–water partition coefficient (Wildman–Crippen LogP) is 5.94. The topological polar surface area (TPSA) is 105 Å². The van der Waals surface area contributed by atoms with E-state index < -0.39 is 11.8 Å². The van der Waals surface area contributed by atoms with Crippen molar-refractivity contribution in [3.8, 4) is 16.9 Å². The van der Waals surface area contributed by atoms with Gasteiger partial charge >= 0.3 is 5.97 Å². The fraction of sp³-hybridized carbons (Fsp3) is 0.194. The number of benzene rings is 4. The Kier molecular flexibility index (Phi) is 11.0. The number of carbonyl (C=O) groups excluding carboxylic acids is 1. The molecule has 0 heterocycles. The second kappa shape index (κ2) is 15.1. The normalized spacial score (nSPS) is 12.9. The Hall–Kier alpha value is -4.53. The van der Waals surface area contributed by atoms with E-state index in [1.807, 2.05) is 66.7 Å². The number of hydrogen-bond donors (Lipinski definition) is 3. The van der Waals surface area contributed by atoms with Gasteiger partial charge in [-0.3, -0.25) is 0 Å². The number of esters is 1. The van der Waals surface area contributed by atoms with Gasteiger partial charge in [-0.15, -0.1) is 0 Å². The molecule has 0 spiro atoms. The number of carbonyl (C=O) groups is 1. The van der Waals surface area contributed by atoms with Crippen molar-refractivity contribution in [3.63, 3.8) is 0 Å². The molecule has 0 aliphatic rings. The average Bonchev–Trinajstić information content (AvgIpc) is 3.03. The molecule has 0 saturated heterocycles. The molecule has 0 bridgehead atoms. The molecule has 1 unspecified atom stereocenters. The first-order chi connectivity index (χ1) is 20.8. The second-order valence-electron chi connectivity index (χ2n) is 10.0. The first-order valence-electron chi connectivity index (χ1n) is 13.9. The van der Waals surface area contributed by atoms with E-state index >= 15 is 0 Å². The lowest BCUT2D eigenvalue weighted by molar-refractivity contribution is -0.233. The quantitative estimate of drug-likeness (QED) is 0.0558. The number of hydrogen-bond acceptors (Lipinski definition) is 7. The number of ether oxygens (including phenoxy) is 3. The largest absolute Gasteiger partial charge is 0.508 e. The lowest BCUT2D eigenvalue weighted by Gasteiger charge is -2.28. The molecular weight excluding hydrogens is 544 g/mol. The van der Waals surface area contributed by atoms with Crippen LogP contribution in [0.25, 0.3) is 22.8 Å². The van der Waals surface area contributed by atoms with Gasteiger partial charge in [0, 0.05) is 11.1 Å². The van der Waals surface area contributed by atoms with Crippen molar-refractivity contribution >= 4 is 17.6 Å². The molecule has 0 aliphatic carbocycles. The van der Waals surface area contributed by atoms with Gasteiger partial charge in [0.15, 0.2) is 0 Å². The molecule has 222 valence electrons. The van der Waals surface area contributed by atoms with Crippen LogP contribution in [0.3, 0.4) is 0 Å². The zero-order chi connectivity index (χ0) is 30.7. The molecule has 4 rings (SSSR count). The summed E-state index contributed by atoms with van der Waals surface area (Å²) in [5.74, 6) is -2.56. The summed E-state index contributed by atoms with van der Waals surface area (Å²) in [4.78, 5) is 12.4.